The minimum atomic E-state index is 0. The maximum absolute atomic E-state index is 5.57. The van der Waals surface area contributed by atoms with Crippen molar-refractivity contribution in [3.8, 4) is 11.1 Å². The van der Waals surface area contributed by atoms with Gasteiger partial charge in [0.15, 0.2) is 0 Å². The molecule has 0 saturated heterocycles. The van der Waals surface area contributed by atoms with E-state index in [9.17, 15) is 0 Å². The minimum Gasteiger partial charge on any atom is -0.383 e. The van der Waals surface area contributed by atoms with Gasteiger partial charge >= 0.3 is 0 Å². The second-order valence-electron chi connectivity index (χ2n) is 3.89. The lowest BCUT2D eigenvalue weighted by molar-refractivity contribution is 0.183. The van der Waals surface area contributed by atoms with Gasteiger partial charge in [-0.25, -0.2) is 0 Å². The van der Waals surface area contributed by atoms with Crippen LogP contribution in [0.4, 0.5) is 0 Å². The number of nitrogens with zero attached hydrogens (tertiary/aromatic N) is 2. The third-order valence-corrected chi connectivity index (χ3v) is 2.68. The summed E-state index contributed by atoms with van der Waals surface area (Å²) >= 11 is 0. The molecule has 0 aliphatic rings. The number of ether oxygens (including phenoxy) is 1. The first-order valence-corrected chi connectivity index (χ1v) is 5.64. The molecule has 0 saturated carbocycles. The lowest BCUT2D eigenvalue weighted by Crippen LogP contribution is -2.03. The van der Waals surface area contributed by atoms with E-state index in [1.165, 1.54) is 0 Å². The summed E-state index contributed by atoms with van der Waals surface area (Å²) in [6.07, 6.45) is 3.89. The number of halogens is 1. The predicted octanol–water partition coefficient (Wildman–Crippen LogP) is 2.08. The zero-order chi connectivity index (χ0) is 12.1. The Bertz CT molecular complexity index is 467. The quantitative estimate of drug-likeness (QED) is 0.902. The summed E-state index contributed by atoms with van der Waals surface area (Å²) < 4.78 is 6.90. The zero-order valence-corrected chi connectivity index (χ0v) is 11.2. The highest BCUT2D eigenvalue weighted by molar-refractivity contribution is 5.85. The number of benzene rings is 1. The van der Waals surface area contributed by atoms with Crippen molar-refractivity contribution in [2.24, 2.45) is 5.73 Å². The number of rotatable bonds is 5. The maximum Gasteiger partial charge on any atom is 0.0658 e. The Morgan fingerprint density at radius 2 is 1.94 bits per heavy atom. The van der Waals surface area contributed by atoms with Crippen LogP contribution >= 0.6 is 12.4 Å². The zero-order valence-electron chi connectivity index (χ0n) is 10.4. The average molecular weight is 268 g/mol. The standard InChI is InChI=1S/C13H17N3O.ClH/c1-17-7-6-16-10-13(9-15-16)12-4-2-11(8-14)3-5-12;/h2-5,9-10H,6-8,14H2,1H3;1H. The average Bonchev–Trinajstić information content (AvgIpc) is 2.85. The van der Waals surface area contributed by atoms with Gasteiger partial charge in [0.1, 0.15) is 0 Å². The smallest absolute Gasteiger partial charge is 0.0658 e. The molecule has 0 fully saturated rings. The van der Waals surface area contributed by atoms with Gasteiger partial charge in [-0.15, -0.1) is 12.4 Å². The molecule has 5 heteroatoms. The van der Waals surface area contributed by atoms with E-state index < -0.39 is 0 Å². The summed E-state index contributed by atoms with van der Waals surface area (Å²) in [5.41, 5.74) is 8.98. The third-order valence-electron chi connectivity index (χ3n) is 2.68. The van der Waals surface area contributed by atoms with Crippen LogP contribution in [0.25, 0.3) is 11.1 Å². The fourth-order valence-corrected chi connectivity index (χ4v) is 1.65. The van der Waals surface area contributed by atoms with Crippen LogP contribution in [0.1, 0.15) is 5.56 Å². The van der Waals surface area contributed by atoms with Crippen molar-refractivity contribution >= 4 is 12.4 Å². The van der Waals surface area contributed by atoms with Gasteiger partial charge in [-0.3, -0.25) is 4.68 Å². The Kier molecular flexibility index (Phi) is 5.85. The van der Waals surface area contributed by atoms with Crippen LogP contribution in [0.2, 0.25) is 0 Å². The van der Waals surface area contributed by atoms with Gasteiger partial charge in [-0.2, -0.15) is 5.10 Å². The summed E-state index contributed by atoms with van der Waals surface area (Å²) in [6, 6.07) is 8.23. The van der Waals surface area contributed by atoms with Crippen LogP contribution in [0.15, 0.2) is 36.7 Å². The SMILES string of the molecule is COCCn1cc(-c2ccc(CN)cc2)cn1.Cl. The van der Waals surface area contributed by atoms with Gasteiger partial charge in [0.2, 0.25) is 0 Å². The molecule has 0 spiro atoms. The number of hydrogen-bond donors (Lipinski definition) is 1. The maximum atomic E-state index is 5.57. The van der Waals surface area contributed by atoms with E-state index >= 15 is 0 Å². The van der Waals surface area contributed by atoms with Crippen LogP contribution in [0.3, 0.4) is 0 Å². The molecular weight excluding hydrogens is 250 g/mol. The van der Waals surface area contributed by atoms with Gasteiger partial charge in [0.05, 0.1) is 19.3 Å². The first-order valence-electron chi connectivity index (χ1n) is 5.64. The highest BCUT2D eigenvalue weighted by Crippen LogP contribution is 2.18. The van der Waals surface area contributed by atoms with Crippen molar-refractivity contribution < 1.29 is 4.74 Å². The molecule has 2 rings (SSSR count). The fourth-order valence-electron chi connectivity index (χ4n) is 1.65. The Morgan fingerprint density at radius 1 is 1.22 bits per heavy atom. The molecule has 2 aromatic rings. The molecular formula is C13H18ClN3O. The third kappa shape index (κ3) is 3.57. The van der Waals surface area contributed by atoms with E-state index in [2.05, 4.69) is 17.2 Å². The molecule has 4 nitrogen and oxygen atoms in total. The highest BCUT2D eigenvalue weighted by atomic mass is 35.5. The monoisotopic (exact) mass is 267 g/mol. The second kappa shape index (κ2) is 7.16. The number of hydrogen-bond acceptors (Lipinski definition) is 3. The molecule has 1 heterocycles. The molecule has 18 heavy (non-hydrogen) atoms. The molecule has 0 atom stereocenters. The molecule has 0 unspecified atom stereocenters. The molecule has 0 amide bonds. The largest absolute Gasteiger partial charge is 0.383 e. The summed E-state index contributed by atoms with van der Waals surface area (Å²) in [5, 5.41) is 4.28. The van der Waals surface area contributed by atoms with Crippen molar-refractivity contribution in [3.63, 3.8) is 0 Å². The van der Waals surface area contributed by atoms with E-state index in [4.69, 9.17) is 10.5 Å². The van der Waals surface area contributed by atoms with Crippen LogP contribution in [-0.4, -0.2) is 23.5 Å². The lowest BCUT2D eigenvalue weighted by atomic mass is 10.1. The van der Waals surface area contributed by atoms with Crippen molar-refractivity contribution in [1.29, 1.82) is 0 Å². The van der Waals surface area contributed by atoms with Gasteiger partial charge in [0, 0.05) is 25.4 Å². The minimum absolute atomic E-state index is 0. The lowest BCUT2D eigenvalue weighted by Gasteiger charge is -2.00. The normalized spacial score (nSPS) is 10.1. The van der Waals surface area contributed by atoms with E-state index in [1.54, 1.807) is 7.11 Å². The Balaban J connectivity index is 0.00000162. The topological polar surface area (TPSA) is 53.1 Å². The van der Waals surface area contributed by atoms with E-state index in [0.29, 0.717) is 13.2 Å². The molecule has 0 radical (unpaired) electrons. The summed E-state index contributed by atoms with van der Waals surface area (Å²) in [4.78, 5) is 0. The van der Waals surface area contributed by atoms with Crippen LogP contribution < -0.4 is 5.73 Å². The van der Waals surface area contributed by atoms with Crippen LogP contribution in [0, 0.1) is 0 Å². The second-order valence-corrected chi connectivity index (χ2v) is 3.89. The molecule has 1 aromatic carbocycles. The summed E-state index contributed by atoms with van der Waals surface area (Å²) in [5.74, 6) is 0. The van der Waals surface area contributed by atoms with Gasteiger partial charge in [0.25, 0.3) is 0 Å². The van der Waals surface area contributed by atoms with Gasteiger partial charge < -0.3 is 10.5 Å². The van der Waals surface area contributed by atoms with Crippen molar-refractivity contribution in [2.75, 3.05) is 13.7 Å². The van der Waals surface area contributed by atoms with Crippen molar-refractivity contribution in [2.45, 2.75) is 13.1 Å². The summed E-state index contributed by atoms with van der Waals surface area (Å²) in [6.45, 7) is 2.03. The molecule has 2 N–H and O–H groups in total. The van der Waals surface area contributed by atoms with Crippen LogP contribution in [0.5, 0.6) is 0 Å². The summed E-state index contributed by atoms with van der Waals surface area (Å²) in [7, 11) is 1.69. The highest BCUT2D eigenvalue weighted by Gasteiger charge is 2.01. The van der Waals surface area contributed by atoms with E-state index in [-0.39, 0.29) is 12.4 Å². The molecule has 0 aliphatic carbocycles. The number of methoxy groups -OCH3 is 1. The van der Waals surface area contributed by atoms with Gasteiger partial charge in [-0.05, 0) is 11.1 Å². The predicted molar refractivity (Wildman–Crippen MR) is 74.7 cm³/mol. The first kappa shape index (κ1) is 14.7. The van der Waals surface area contributed by atoms with Crippen molar-refractivity contribution in [1.82, 2.24) is 9.78 Å². The number of aromatic nitrogens is 2. The fraction of sp³-hybridized carbons (Fsp3) is 0.308. The molecule has 1 aromatic heterocycles. The van der Waals surface area contributed by atoms with E-state index in [0.717, 1.165) is 23.2 Å². The van der Waals surface area contributed by atoms with Gasteiger partial charge in [-0.1, -0.05) is 24.3 Å². The number of nitrogens with two attached hydrogens (primary N) is 1. The van der Waals surface area contributed by atoms with E-state index in [1.807, 2.05) is 29.2 Å². The molecule has 0 aliphatic heterocycles. The van der Waals surface area contributed by atoms with Crippen LogP contribution in [-0.2, 0) is 17.8 Å². The molecule has 98 valence electrons. The molecule has 0 bridgehead atoms. The Morgan fingerprint density at radius 3 is 2.56 bits per heavy atom. The Labute approximate surface area is 113 Å². The van der Waals surface area contributed by atoms with Crippen molar-refractivity contribution in [3.05, 3.63) is 42.2 Å². The first-order chi connectivity index (χ1) is 8.33. The Hall–Kier alpha value is -1.36.